The summed E-state index contributed by atoms with van der Waals surface area (Å²) in [5, 5.41) is 8.74. The molecule has 0 aromatic heterocycles. The van der Waals surface area contributed by atoms with Crippen molar-refractivity contribution in [3.8, 4) is 0 Å². The summed E-state index contributed by atoms with van der Waals surface area (Å²) in [6, 6.07) is 13.8. The van der Waals surface area contributed by atoms with E-state index < -0.39 is 15.9 Å². The number of sulfonamides is 1. The number of benzene rings is 2. The largest absolute Gasteiger partial charge is 0.288 e. The topological polar surface area (TPSA) is 95.5 Å². The molecule has 0 aliphatic heterocycles. The molecule has 0 saturated heterocycles. The van der Waals surface area contributed by atoms with Gasteiger partial charge in [0.15, 0.2) is 0 Å². The van der Waals surface area contributed by atoms with Crippen LogP contribution in [0.25, 0.3) is 0 Å². The van der Waals surface area contributed by atoms with E-state index in [1.807, 2.05) is 18.2 Å². The number of nitrogens with one attached hydrogen (secondary N) is 2. The maximum Gasteiger partial charge on any atom is 0.274 e. The molecule has 0 atom stereocenters. The standard InChI is InChI=1S/C19H18N2O4S2/c22-19(20-23)14-6-4-8-16(12-14)26-17-9-5-7-15(13-17)21-27(24,25)18-10-2-1-3-11-18/h2,4-13,21,23H,1,3H2,(H,20,22). The van der Waals surface area contributed by atoms with Gasteiger partial charge in [0, 0.05) is 21.0 Å². The summed E-state index contributed by atoms with van der Waals surface area (Å²) in [6.45, 7) is 0. The average Bonchev–Trinajstić information content (AvgIpc) is 2.68. The van der Waals surface area contributed by atoms with Crippen LogP contribution in [0.3, 0.4) is 0 Å². The number of hydroxylamine groups is 1. The Kier molecular flexibility index (Phi) is 6.00. The predicted octanol–water partition coefficient (Wildman–Crippen LogP) is 3.93. The van der Waals surface area contributed by atoms with Crippen LogP contribution < -0.4 is 10.2 Å². The lowest BCUT2D eigenvalue weighted by Gasteiger charge is -2.12. The van der Waals surface area contributed by atoms with E-state index in [4.69, 9.17) is 5.21 Å². The summed E-state index contributed by atoms with van der Waals surface area (Å²) in [4.78, 5) is 13.4. The van der Waals surface area contributed by atoms with Crippen molar-refractivity contribution < 1.29 is 18.4 Å². The first-order valence-electron chi connectivity index (χ1n) is 8.20. The van der Waals surface area contributed by atoms with E-state index in [1.165, 1.54) is 11.8 Å². The van der Waals surface area contributed by atoms with Crippen molar-refractivity contribution in [2.24, 2.45) is 0 Å². The zero-order valence-electron chi connectivity index (χ0n) is 14.3. The van der Waals surface area contributed by atoms with Crippen LogP contribution in [0.5, 0.6) is 0 Å². The molecule has 1 aliphatic carbocycles. The minimum Gasteiger partial charge on any atom is -0.288 e. The summed E-state index contributed by atoms with van der Waals surface area (Å²) in [6.07, 6.45) is 6.72. The Morgan fingerprint density at radius 3 is 2.48 bits per heavy atom. The molecule has 0 unspecified atom stereocenters. The molecule has 0 heterocycles. The fraction of sp³-hybridized carbons (Fsp3) is 0.105. The highest BCUT2D eigenvalue weighted by atomic mass is 32.2. The van der Waals surface area contributed by atoms with Gasteiger partial charge in [0.25, 0.3) is 15.9 Å². The summed E-state index contributed by atoms with van der Waals surface area (Å²) in [5.74, 6) is -0.590. The van der Waals surface area contributed by atoms with Crippen molar-refractivity contribution in [2.45, 2.75) is 22.6 Å². The first-order valence-corrected chi connectivity index (χ1v) is 10.5. The molecule has 0 fully saturated rings. The normalized spacial score (nSPS) is 13.7. The molecular weight excluding hydrogens is 384 g/mol. The van der Waals surface area contributed by atoms with E-state index in [-0.39, 0.29) is 4.91 Å². The van der Waals surface area contributed by atoms with Crippen LogP contribution in [0.2, 0.25) is 0 Å². The maximum absolute atomic E-state index is 12.5. The lowest BCUT2D eigenvalue weighted by Crippen LogP contribution is -2.18. The van der Waals surface area contributed by atoms with Crippen LogP contribution in [0.15, 0.2) is 81.5 Å². The third-order valence-corrected chi connectivity index (χ3v) is 6.20. The van der Waals surface area contributed by atoms with Gasteiger partial charge in [0.05, 0.1) is 4.91 Å². The highest BCUT2D eigenvalue weighted by Crippen LogP contribution is 2.30. The molecule has 27 heavy (non-hydrogen) atoms. The number of carbonyl (C=O) groups excluding carboxylic acids is 1. The lowest BCUT2D eigenvalue weighted by atomic mass is 10.2. The lowest BCUT2D eigenvalue weighted by molar-refractivity contribution is 0.0706. The number of carbonyl (C=O) groups is 1. The summed E-state index contributed by atoms with van der Waals surface area (Å²) in [5.41, 5.74) is 2.39. The highest BCUT2D eigenvalue weighted by molar-refractivity contribution is 7.99. The zero-order valence-corrected chi connectivity index (χ0v) is 15.9. The Hall–Kier alpha value is -2.55. The number of rotatable bonds is 6. The van der Waals surface area contributed by atoms with Crippen molar-refractivity contribution in [1.82, 2.24) is 5.48 Å². The summed E-state index contributed by atoms with van der Waals surface area (Å²) in [7, 11) is -3.61. The summed E-state index contributed by atoms with van der Waals surface area (Å²) >= 11 is 1.38. The van der Waals surface area contributed by atoms with E-state index in [9.17, 15) is 13.2 Å². The number of hydrogen-bond acceptors (Lipinski definition) is 5. The fourth-order valence-corrected chi connectivity index (χ4v) is 4.63. The zero-order chi connectivity index (χ0) is 19.3. The Morgan fingerprint density at radius 1 is 1.04 bits per heavy atom. The molecule has 0 spiro atoms. The van der Waals surface area contributed by atoms with Crippen LogP contribution in [0, 0.1) is 0 Å². The van der Waals surface area contributed by atoms with Crippen LogP contribution in [0.4, 0.5) is 5.69 Å². The van der Waals surface area contributed by atoms with Crippen LogP contribution in [-0.4, -0.2) is 19.5 Å². The van der Waals surface area contributed by atoms with Gasteiger partial charge in [-0.05, 0) is 55.3 Å². The van der Waals surface area contributed by atoms with Gasteiger partial charge in [0.2, 0.25) is 0 Å². The predicted molar refractivity (Wildman–Crippen MR) is 105 cm³/mol. The van der Waals surface area contributed by atoms with E-state index in [0.717, 1.165) is 16.2 Å². The Morgan fingerprint density at radius 2 is 1.78 bits per heavy atom. The Balaban J connectivity index is 1.77. The van der Waals surface area contributed by atoms with Gasteiger partial charge in [-0.2, -0.15) is 0 Å². The second-order valence-corrected chi connectivity index (χ2v) is 8.62. The summed E-state index contributed by atoms with van der Waals surface area (Å²) < 4.78 is 27.5. The van der Waals surface area contributed by atoms with E-state index in [2.05, 4.69) is 4.72 Å². The van der Waals surface area contributed by atoms with Crippen molar-refractivity contribution in [2.75, 3.05) is 4.72 Å². The van der Waals surface area contributed by atoms with Gasteiger partial charge in [-0.3, -0.25) is 14.7 Å². The molecule has 3 rings (SSSR count). The number of anilines is 1. The minimum atomic E-state index is -3.61. The molecule has 6 nitrogen and oxygen atoms in total. The van der Waals surface area contributed by atoms with Crippen LogP contribution in [-0.2, 0) is 10.0 Å². The van der Waals surface area contributed by atoms with Crippen molar-refractivity contribution >= 4 is 33.4 Å². The molecule has 0 bridgehead atoms. The van der Waals surface area contributed by atoms with Crippen molar-refractivity contribution in [3.63, 3.8) is 0 Å². The third kappa shape index (κ3) is 5.00. The van der Waals surface area contributed by atoms with E-state index in [1.54, 1.807) is 54.0 Å². The molecule has 1 amide bonds. The Bertz CT molecular complexity index is 1010. The number of hydrogen-bond donors (Lipinski definition) is 3. The molecule has 2 aromatic rings. The first-order chi connectivity index (χ1) is 13.0. The van der Waals surface area contributed by atoms with Crippen LogP contribution in [0.1, 0.15) is 23.2 Å². The monoisotopic (exact) mass is 402 g/mol. The molecule has 0 radical (unpaired) electrons. The second kappa shape index (κ2) is 8.43. The number of allylic oxidation sites excluding steroid dienone is 3. The molecular formula is C19H18N2O4S2. The molecule has 1 aliphatic rings. The third-order valence-electron chi connectivity index (χ3n) is 3.79. The molecule has 0 saturated carbocycles. The van der Waals surface area contributed by atoms with Gasteiger partial charge >= 0.3 is 0 Å². The van der Waals surface area contributed by atoms with Gasteiger partial charge in [-0.15, -0.1) is 0 Å². The van der Waals surface area contributed by atoms with Crippen LogP contribution >= 0.6 is 11.8 Å². The fourth-order valence-electron chi connectivity index (χ4n) is 2.53. The van der Waals surface area contributed by atoms with Crippen molar-refractivity contribution in [1.29, 1.82) is 0 Å². The average molecular weight is 402 g/mol. The number of amides is 1. The van der Waals surface area contributed by atoms with Gasteiger partial charge in [0.1, 0.15) is 0 Å². The second-order valence-electron chi connectivity index (χ2n) is 5.79. The molecule has 2 aromatic carbocycles. The quantitative estimate of drug-likeness (QED) is 0.503. The van der Waals surface area contributed by atoms with Gasteiger partial charge in [-0.1, -0.05) is 36.0 Å². The molecule has 3 N–H and O–H groups in total. The van der Waals surface area contributed by atoms with E-state index >= 15 is 0 Å². The minimum absolute atomic E-state index is 0.273. The highest BCUT2D eigenvalue weighted by Gasteiger charge is 2.16. The van der Waals surface area contributed by atoms with Gasteiger partial charge < -0.3 is 0 Å². The molecule has 8 heteroatoms. The smallest absolute Gasteiger partial charge is 0.274 e. The molecule has 140 valence electrons. The van der Waals surface area contributed by atoms with Crippen molar-refractivity contribution in [3.05, 3.63) is 77.2 Å². The first kappa shape index (κ1) is 19.2. The maximum atomic E-state index is 12.5. The Labute approximate surface area is 162 Å². The van der Waals surface area contributed by atoms with Gasteiger partial charge in [-0.25, -0.2) is 13.9 Å². The SMILES string of the molecule is O=C(NO)c1cccc(Sc2cccc(NS(=O)(=O)C3=CCCC=C3)c2)c1. The van der Waals surface area contributed by atoms with E-state index in [0.29, 0.717) is 17.7 Å².